The number of nitrogens with zero attached hydrogens (tertiary/aromatic N) is 3. The average molecular weight is 371 g/mol. The number of likely N-dealkylation sites (tertiary alicyclic amines) is 1. The van der Waals surface area contributed by atoms with Gasteiger partial charge >= 0.3 is 0 Å². The highest BCUT2D eigenvalue weighted by Gasteiger charge is 2.33. The summed E-state index contributed by atoms with van der Waals surface area (Å²) in [6, 6.07) is 11.7. The molecular formula is C18H15ClN4O3. The number of imidazole rings is 1. The van der Waals surface area contributed by atoms with Gasteiger partial charge in [0, 0.05) is 18.2 Å². The molecule has 2 aromatic carbocycles. The van der Waals surface area contributed by atoms with E-state index in [0.29, 0.717) is 6.54 Å². The van der Waals surface area contributed by atoms with Gasteiger partial charge in [0.05, 0.1) is 22.0 Å². The van der Waals surface area contributed by atoms with Crippen LogP contribution in [-0.2, 0) is 0 Å². The Bertz CT molecular complexity index is 984. The number of nitro groups is 1. The van der Waals surface area contributed by atoms with E-state index in [4.69, 9.17) is 11.6 Å². The number of halogens is 1. The topological polar surface area (TPSA) is 92.1 Å². The Morgan fingerprint density at radius 1 is 1.31 bits per heavy atom. The van der Waals surface area contributed by atoms with Crippen LogP contribution in [0.2, 0.25) is 5.02 Å². The quantitative estimate of drug-likeness (QED) is 0.554. The molecule has 0 unspecified atom stereocenters. The van der Waals surface area contributed by atoms with Crippen molar-refractivity contribution in [2.24, 2.45) is 0 Å². The van der Waals surface area contributed by atoms with Crippen LogP contribution >= 0.6 is 11.6 Å². The van der Waals surface area contributed by atoms with Crippen molar-refractivity contribution in [1.29, 1.82) is 0 Å². The van der Waals surface area contributed by atoms with E-state index in [9.17, 15) is 14.9 Å². The van der Waals surface area contributed by atoms with Crippen LogP contribution in [0.1, 0.15) is 35.1 Å². The van der Waals surface area contributed by atoms with E-state index in [1.54, 1.807) is 4.90 Å². The summed E-state index contributed by atoms with van der Waals surface area (Å²) in [5, 5.41) is 11.1. The number of fused-ring (bicyclic) bond motifs is 1. The van der Waals surface area contributed by atoms with E-state index >= 15 is 0 Å². The van der Waals surface area contributed by atoms with Crippen molar-refractivity contribution in [3.63, 3.8) is 0 Å². The lowest BCUT2D eigenvalue weighted by atomic mass is 10.1. The van der Waals surface area contributed by atoms with E-state index in [-0.39, 0.29) is 28.2 Å². The third-order valence-corrected chi connectivity index (χ3v) is 4.95. The second-order valence-electron chi connectivity index (χ2n) is 6.22. The molecule has 3 aromatic rings. The summed E-state index contributed by atoms with van der Waals surface area (Å²) in [5.74, 6) is 0.480. The van der Waals surface area contributed by atoms with Crippen molar-refractivity contribution in [3.05, 3.63) is 69.0 Å². The maximum absolute atomic E-state index is 13.0. The number of nitro benzene ring substituents is 1. The van der Waals surface area contributed by atoms with Gasteiger partial charge in [0.2, 0.25) is 0 Å². The highest BCUT2D eigenvalue weighted by atomic mass is 35.5. The molecule has 1 N–H and O–H groups in total. The molecule has 4 rings (SSSR count). The molecule has 1 aliphatic heterocycles. The van der Waals surface area contributed by atoms with Crippen molar-refractivity contribution in [2.75, 3.05) is 6.54 Å². The lowest BCUT2D eigenvalue weighted by Gasteiger charge is -2.23. The number of rotatable bonds is 3. The van der Waals surface area contributed by atoms with Crippen LogP contribution < -0.4 is 0 Å². The second-order valence-corrected chi connectivity index (χ2v) is 6.63. The standard InChI is InChI=1S/C18H15ClN4O3/c19-12-8-7-11(10-16(12)23(25)26)18(24)22-9-3-6-15(22)17-20-13-4-1-2-5-14(13)21-17/h1-2,4-5,7-8,10,15H,3,6,9H2,(H,20,21)/t15-/m0/s1. The van der Waals surface area contributed by atoms with E-state index in [2.05, 4.69) is 9.97 Å². The Kier molecular flexibility index (Phi) is 4.08. The molecule has 2 heterocycles. The summed E-state index contributed by atoms with van der Waals surface area (Å²) in [6.45, 7) is 0.580. The van der Waals surface area contributed by atoms with Gasteiger partial charge in [-0.1, -0.05) is 23.7 Å². The molecule has 132 valence electrons. The largest absolute Gasteiger partial charge is 0.340 e. The van der Waals surface area contributed by atoms with Crippen molar-refractivity contribution in [2.45, 2.75) is 18.9 Å². The van der Waals surface area contributed by atoms with Crippen LogP contribution in [0.5, 0.6) is 0 Å². The first-order valence-corrected chi connectivity index (χ1v) is 8.62. The molecular weight excluding hydrogens is 356 g/mol. The minimum atomic E-state index is -0.584. The first-order valence-electron chi connectivity index (χ1n) is 8.24. The van der Waals surface area contributed by atoms with Crippen LogP contribution in [0.15, 0.2) is 42.5 Å². The zero-order valence-electron chi connectivity index (χ0n) is 13.7. The van der Waals surface area contributed by atoms with Gasteiger partial charge in [-0.25, -0.2) is 4.98 Å². The number of para-hydroxylation sites is 2. The second kappa shape index (κ2) is 6.42. The molecule has 0 bridgehead atoms. The molecule has 8 heteroatoms. The molecule has 1 amide bonds. The number of H-pyrrole nitrogens is 1. The van der Waals surface area contributed by atoms with Crippen molar-refractivity contribution >= 4 is 34.2 Å². The number of aromatic amines is 1. The minimum Gasteiger partial charge on any atom is -0.340 e. The smallest absolute Gasteiger partial charge is 0.288 e. The van der Waals surface area contributed by atoms with Gasteiger partial charge in [-0.2, -0.15) is 0 Å². The van der Waals surface area contributed by atoms with Gasteiger partial charge in [0.1, 0.15) is 10.8 Å². The lowest BCUT2D eigenvalue weighted by molar-refractivity contribution is -0.384. The van der Waals surface area contributed by atoms with Crippen LogP contribution in [0.3, 0.4) is 0 Å². The van der Waals surface area contributed by atoms with E-state index < -0.39 is 4.92 Å². The Morgan fingerprint density at radius 3 is 2.88 bits per heavy atom. The SMILES string of the molecule is O=C(c1ccc(Cl)c([N+](=O)[O-])c1)N1CCC[C@H]1c1nc2ccccc2[nH]1. The van der Waals surface area contributed by atoms with Gasteiger partial charge in [-0.05, 0) is 37.1 Å². The summed E-state index contributed by atoms with van der Waals surface area (Å²) in [7, 11) is 0. The van der Waals surface area contributed by atoms with Crippen LogP contribution in [0.4, 0.5) is 5.69 Å². The predicted octanol–water partition coefficient (Wildman–Crippen LogP) is 4.10. The molecule has 1 aromatic heterocycles. The van der Waals surface area contributed by atoms with Crippen LogP contribution in [-0.4, -0.2) is 32.2 Å². The number of hydrogen-bond donors (Lipinski definition) is 1. The maximum Gasteiger partial charge on any atom is 0.288 e. The fraction of sp³-hybridized carbons (Fsp3) is 0.222. The molecule has 1 fully saturated rings. The number of carbonyl (C=O) groups is 1. The summed E-state index contributed by atoms with van der Waals surface area (Å²) in [6.07, 6.45) is 1.64. The Hall–Kier alpha value is -2.93. The molecule has 7 nitrogen and oxygen atoms in total. The van der Waals surface area contributed by atoms with Gasteiger partial charge in [-0.15, -0.1) is 0 Å². The molecule has 1 atom stereocenters. The van der Waals surface area contributed by atoms with E-state index in [0.717, 1.165) is 29.7 Å². The first kappa shape index (κ1) is 16.5. The predicted molar refractivity (Wildman–Crippen MR) is 97.2 cm³/mol. The van der Waals surface area contributed by atoms with Gasteiger partial charge in [0.25, 0.3) is 11.6 Å². The number of carbonyl (C=O) groups excluding carboxylic acids is 1. The highest BCUT2D eigenvalue weighted by molar-refractivity contribution is 6.32. The molecule has 0 radical (unpaired) electrons. The summed E-state index contributed by atoms with van der Waals surface area (Å²) < 4.78 is 0. The fourth-order valence-corrected chi connectivity index (χ4v) is 3.56. The summed E-state index contributed by atoms with van der Waals surface area (Å²) in [4.78, 5) is 33.0. The Labute approximate surface area is 153 Å². The first-order chi connectivity index (χ1) is 12.5. The molecule has 0 aliphatic carbocycles. The van der Waals surface area contributed by atoms with Crippen molar-refractivity contribution < 1.29 is 9.72 Å². The third kappa shape index (κ3) is 2.80. The highest BCUT2D eigenvalue weighted by Crippen LogP contribution is 2.34. The Morgan fingerprint density at radius 2 is 2.12 bits per heavy atom. The number of benzene rings is 2. The van der Waals surface area contributed by atoms with Gasteiger partial charge < -0.3 is 9.88 Å². The molecule has 0 saturated carbocycles. The van der Waals surface area contributed by atoms with Crippen molar-refractivity contribution in [1.82, 2.24) is 14.9 Å². The van der Waals surface area contributed by atoms with Crippen LogP contribution in [0.25, 0.3) is 11.0 Å². The molecule has 1 aliphatic rings. The minimum absolute atomic E-state index is 0.0156. The third-order valence-electron chi connectivity index (χ3n) is 4.63. The molecule has 26 heavy (non-hydrogen) atoms. The lowest BCUT2D eigenvalue weighted by Crippen LogP contribution is -2.31. The zero-order chi connectivity index (χ0) is 18.3. The Balaban J connectivity index is 1.67. The summed E-state index contributed by atoms with van der Waals surface area (Å²) in [5.41, 5.74) is 1.76. The molecule has 0 spiro atoms. The number of aromatic nitrogens is 2. The maximum atomic E-state index is 13.0. The normalized spacial score (nSPS) is 17.0. The number of amides is 1. The average Bonchev–Trinajstić information content (AvgIpc) is 3.27. The summed E-state index contributed by atoms with van der Waals surface area (Å²) >= 11 is 5.84. The van der Waals surface area contributed by atoms with E-state index in [1.165, 1.54) is 18.2 Å². The van der Waals surface area contributed by atoms with Gasteiger partial charge in [0.15, 0.2) is 0 Å². The number of hydrogen-bond acceptors (Lipinski definition) is 4. The zero-order valence-corrected chi connectivity index (χ0v) is 14.4. The number of nitrogens with one attached hydrogen (secondary N) is 1. The monoisotopic (exact) mass is 370 g/mol. The fourth-order valence-electron chi connectivity index (χ4n) is 3.38. The van der Waals surface area contributed by atoms with E-state index in [1.807, 2.05) is 24.3 Å². The van der Waals surface area contributed by atoms with Crippen molar-refractivity contribution in [3.8, 4) is 0 Å². The van der Waals surface area contributed by atoms with Crippen LogP contribution in [0, 0.1) is 10.1 Å². The van der Waals surface area contributed by atoms with Gasteiger partial charge in [-0.3, -0.25) is 14.9 Å². The molecule has 1 saturated heterocycles.